The van der Waals surface area contributed by atoms with E-state index < -0.39 is 25.4 Å². The second-order valence-corrected chi connectivity index (χ2v) is 20.4. The van der Waals surface area contributed by atoms with E-state index in [2.05, 4.69) is 60.1 Å². The van der Waals surface area contributed by atoms with Crippen LogP contribution in [0.25, 0.3) is 0 Å². The predicted octanol–water partition coefficient (Wildman–Crippen LogP) is 4.11. The second kappa shape index (κ2) is 6.96. The zero-order chi connectivity index (χ0) is 14.6. The standard InChI is InChI=1S/C11H30O3Si4/c1-10-18(9,12-15-11(2)3)14-17(7,8)13-16(4,5)6/h11H,10H2,1-9H3. The van der Waals surface area contributed by atoms with Gasteiger partial charge < -0.3 is 12.3 Å². The molecule has 1 atom stereocenters. The fourth-order valence-electron chi connectivity index (χ4n) is 1.69. The molecule has 18 heavy (non-hydrogen) atoms. The summed E-state index contributed by atoms with van der Waals surface area (Å²) in [7, 11) is -5.12. The lowest BCUT2D eigenvalue weighted by atomic mass is 10.6. The molecule has 0 fully saturated rings. The third-order valence-electron chi connectivity index (χ3n) is 2.17. The van der Waals surface area contributed by atoms with Gasteiger partial charge in [-0.25, -0.2) is 0 Å². The molecule has 0 saturated heterocycles. The zero-order valence-corrected chi connectivity index (χ0v) is 17.5. The fourth-order valence-corrected chi connectivity index (χ4v) is 15.9. The summed E-state index contributed by atoms with van der Waals surface area (Å²) in [6.07, 6.45) is 0. The molecule has 0 aromatic rings. The summed E-state index contributed by atoms with van der Waals surface area (Å²) in [5.41, 5.74) is 0.578. The monoisotopic (exact) mass is 322 g/mol. The van der Waals surface area contributed by atoms with Crippen molar-refractivity contribution < 1.29 is 12.3 Å². The second-order valence-electron chi connectivity index (χ2n) is 6.58. The maximum Gasteiger partial charge on any atom is 0.315 e. The molecule has 108 valence electrons. The Hall–Kier alpha value is 0.748. The van der Waals surface area contributed by atoms with Crippen molar-refractivity contribution >= 4 is 35.2 Å². The Labute approximate surface area is 119 Å². The molecule has 0 aliphatic rings. The zero-order valence-electron chi connectivity index (χ0n) is 13.5. The van der Waals surface area contributed by atoms with E-state index in [1.807, 2.05) is 0 Å². The molecule has 0 spiro atoms. The summed E-state index contributed by atoms with van der Waals surface area (Å²) in [4.78, 5) is 0. The molecule has 1 unspecified atom stereocenters. The van der Waals surface area contributed by atoms with Gasteiger partial charge >= 0.3 is 17.1 Å². The third-order valence-corrected chi connectivity index (χ3v) is 14.2. The van der Waals surface area contributed by atoms with Gasteiger partial charge in [0.15, 0.2) is 8.32 Å². The minimum atomic E-state index is -2.06. The van der Waals surface area contributed by atoms with Crippen molar-refractivity contribution in [3.8, 4) is 0 Å². The van der Waals surface area contributed by atoms with E-state index in [-0.39, 0.29) is 0 Å². The quantitative estimate of drug-likeness (QED) is 0.629. The minimum Gasteiger partial charge on any atom is -0.437 e. The van der Waals surface area contributed by atoms with Crippen LogP contribution < -0.4 is 0 Å². The average Bonchev–Trinajstić information content (AvgIpc) is 2.10. The Kier molecular flexibility index (Phi) is 7.25. The van der Waals surface area contributed by atoms with Gasteiger partial charge in [0.2, 0.25) is 9.76 Å². The molecule has 0 saturated carbocycles. The van der Waals surface area contributed by atoms with Crippen LogP contribution in [0.15, 0.2) is 0 Å². The highest BCUT2D eigenvalue weighted by atomic mass is 28.5. The Morgan fingerprint density at radius 1 is 0.944 bits per heavy atom. The van der Waals surface area contributed by atoms with Gasteiger partial charge in [-0.15, -0.1) is 0 Å². The van der Waals surface area contributed by atoms with E-state index >= 15 is 0 Å². The SMILES string of the molecule is CC[Si](C)(O[Si]C(C)C)O[Si](C)(C)O[Si](C)(C)C. The van der Waals surface area contributed by atoms with Gasteiger partial charge in [0.1, 0.15) is 0 Å². The lowest BCUT2D eigenvalue weighted by Crippen LogP contribution is -2.54. The van der Waals surface area contributed by atoms with Crippen LogP contribution in [-0.2, 0) is 12.3 Å². The van der Waals surface area contributed by atoms with Crippen LogP contribution in [0.4, 0.5) is 0 Å². The first-order chi connectivity index (χ1) is 7.89. The van der Waals surface area contributed by atoms with E-state index in [0.29, 0.717) is 15.3 Å². The van der Waals surface area contributed by atoms with Crippen molar-refractivity contribution in [2.24, 2.45) is 0 Å². The molecule has 0 N–H and O–H groups in total. The lowest BCUT2D eigenvalue weighted by Gasteiger charge is -2.38. The summed E-state index contributed by atoms with van der Waals surface area (Å²) in [6, 6.07) is 0.984. The molecule has 0 aromatic carbocycles. The highest BCUT2D eigenvalue weighted by Gasteiger charge is 2.41. The Morgan fingerprint density at radius 3 is 1.78 bits per heavy atom. The van der Waals surface area contributed by atoms with Gasteiger partial charge in [-0.2, -0.15) is 0 Å². The van der Waals surface area contributed by atoms with Crippen molar-refractivity contribution in [3.05, 3.63) is 0 Å². The molecular formula is C11H30O3Si4. The molecule has 0 aromatic heterocycles. The molecule has 0 aliphatic heterocycles. The van der Waals surface area contributed by atoms with Gasteiger partial charge in [-0.05, 0) is 50.9 Å². The Balaban J connectivity index is 4.58. The topological polar surface area (TPSA) is 27.7 Å². The smallest absolute Gasteiger partial charge is 0.315 e. The van der Waals surface area contributed by atoms with Crippen LogP contribution in [0.5, 0.6) is 0 Å². The summed E-state index contributed by atoms with van der Waals surface area (Å²) in [5, 5.41) is 0. The third kappa shape index (κ3) is 8.78. The van der Waals surface area contributed by atoms with E-state index in [0.717, 1.165) is 6.04 Å². The number of hydrogen-bond acceptors (Lipinski definition) is 3. The maximum absolute atomic E-state index is 6.38. The maximum atomic E-state index is 6.38. The van der Waals surface area contributed by atoms with Crippen LogP contribution in [0.2, 0.25) is 50.9 Å². The summed E-state index contributed by atoms with van der Waals surface area (Å²) in [6.45, 7) is 19.6. The van der Waals surface area contributed by atoms with Crippen LogP contribution in [0.3, 0.4) is 0 Å². The molecule has 7 heteroatoms. The van der Waals surface area contributed by atoms with E-state index in [1.54, 1.807) is 0 Å². The van der Waals surface area contributed by atoms with Crippen LogP contribution in [0.1, 0.15) is 20.8 Å². The highest BCUT2D eigenvalue weighted by Crippen LogP contribution is 2.23. The molecule has 0 rings (SSSR count). The average molecular weight is 323 g/mol. The van der Waals surface area contributed by atoms with Crippen molar-refractivity contribution in [3.63, 3.8) is 0 Å². The van der Waals surface area contributed by atoms with Crippen molar-refractivity contribution in [1.29, 1.82) is 0 Å². The van der Waals surface area contributed by atoms with Gasteiger partial charge in [0.25, 0.3) is 0 Å². The van der Waals surface area contributed by atoms with E-state index in [9.17, 15) is 0 Å². The van der Waals surface area contributed by atoms with Crippen molar-refractivity contribution in [1.82, 2.24) is 0 Å². The fraction of sp³-hybridized carbons (Fsp3) is 1.00. The summed E-state index contributed by atoms with van der Waals surface area (Å²) < 4.78 is 18.7. The molecule has 0 amide bonds. The van der Waals surface area contributed by atoms with E-state index in [4.69, 9.17) is 12.3 Å². The number of hydrogen-bond donors (Lipinski definition) is 0. The van der Waals surface area contributed by atoms with Crippen molar-refractivity contribution in [2.45, 2.75) is 71.6 Å². The molecule has 0 bridgehead atoms. The first-order valence-electron chi connectivity index (χ1n) is 6.73. The number of rotatable bonds is 8. The first-order valence-corrected chi connectivity index (χ1v) is 16.5. The molecule has 0 aliphatic carbocycles. The normalized spacial score (nSPS) is 17.0. The first kappa shape index (κ1) is 18.7. The Morgan fingerprint density at radius 2 is 1.44 bits per heavy atom. The van der Waals surface area contributed by atoms with Gasteiger partial charge in [-0.1, -0.05) is 20.8 Å². The molecule has 0 heterocycles. The minimum absolute atomic E-state index is 0.536. The van der Waals surface area contributed by atoms with Gasteiger partial charge in [0, 0.05) is 0 Å². The lowest BCUT2D eigenvalue weighted by molar-refractivity contribution is 0.331. The van der Waals surface area contributed by atoms with Crippen LogP contribution in [0, 0.1) is 0 Å². The highest BCUT2D eigenvalue weighted by molar-refractivity contribution is 6.87. The van der Waals surface area contributed by atoms with Crippen molar-refractivity contribution in [2.75, 3.05) is 0 Å². The molecular weight excluding hydrogens is 292 g/mol. The molecule has 2 radical (unpaired) electrons. The molecule has 3 nitrogen and oxygen atoms in total. The summed E-state index contributed by atoms with van der Waals surface area (Å²) in [5.74, 6) is 0. The van der Waals surface area contributed by atoms with Crippen LogP contribution in [-0.4, -0.2) is 35.2 Å². The van der Waals surface area contributed by atoms with Gasteiger partial charge in [-0.3, -0.25) is 0 Å². The van der Waals surface area contributed by atoms with E-state index in [1.165, 1.54) is 0 Å². The van der Waals surface area contributed by atoms with Crippen LogP contribution >= 0.6 is 0 Å². The largest absolute Gasteiger partial charge is 0.437 e. The summed E-state index contributed by atoms with van der Waals surface area (Å²) >= 11 is 0. The predicted molar refractivity (Wildman–Crippen MR) is 87.0 cm³/mol. The Bertz CT molecular complexity index is 253. The van der Waals surface area contributed by atoms with Gasteiger partial charge in [0.05, 0.1) is 0 Å².